The summed E-state index contributed by atoms with van der Waals surface area (Å²) in [5, 5.41) is 2.47. The highest BCUT2D eigenvalue weighted by molar-refractivity contribution is 5.27. The molecule has 1 aromatic rings. The van der Waals surface area contributed by atoms with Gasteiger partial charge in [-0.05, 0) is 30.7 Å². The fourth-order valence-corrected chi connectivity index (χ4v) is 1.93. The highest BCUT2D eigenvalue weighted by Crippen LogP contribution is 2.41. The van der Waals surface area contributed by atoms with Gasteiger partial charge in [0.05, 0.1) is 0 Å². The molecule has 0 bridgehead atoms. The molecule has 0 aliphatic rings. The summed E-state index contributed by atoms with van der Waals surface area (Å²) in [6.45, 7) is 3.25. The normalized spacial score (nSPS) is 15.6. The number of nitrogens with one attached hydrogen (secondary N) is 1. The van der Waals surface area contributed by atoms with Crippen molar-refractivity contribution in [3.05, 3.63) is 35.6 Å². The van der Waals surface area contributed by atoms with Gasteiger partial charge in [0.2, 0.25) is 0 Å². The van der Waals surface area contributed by atoms with E-state index in [9.17, 15) is 17.6 Å². The molecule has 0 fully saturated rings. The lowest BCUT2D eigenvalue weighted by molar-refractivity contribution is -0.202. The van der Waals surface area contributed by atoms with Gasteiger partial charge in [-0.15, -0.1) is 0 Å². The van der Waals surface area contributed by atoms with Gasteiger partial charge >= 0.3 is 6.18 Å². The van der Waals surface area contributed by atoms with Crippen LogP contribution >= 0.6 is 0 Å². The van der Waals surface area contributed by atoms with Gasteiger partial charge in [0.15, 0.2) is 0 Å². The van der Waals surface area contributed by atoms with Crippen LogP contribution in [-0.2, 0) is 5.54 Å². The Kier molecular flexibility index (Phi) is 4.14. The molecule has 0 heterocycles. The lowest BCUT2D eigenvalue weighted by Crippen LogP contribution is -2.53. The number of rotatable bonds is 4. The molecule has 0 aromatic heterocycles. The molecule has 0 saturated heterocycles. The van der Waals surface area contributed by atoms with E-state index in [-0.39, 0.29) is 18.5 Å². The van der Waals surface area contributed by atoms with Crippen LogP contribution in [0.15, 0.2) is 24.3 Å². The zero-order valence-electron chi connectivity index (χ0n) is 9.74. The molecule has 1 rings (SSSR count). The van der Waals surface area contributed by atoms with Gasteiger partial charge in [0.1, 0.15) is 11.4 Å². The second-order valence-corrected chi connectivity index (χ2v) is 3.79. The summed E-state index contributed by atoms with van der Waals surface area (Å²) < 4.78 is 52.3. The molecule has 0 spiro atoms. The van der Waals surface area contributed by atoms with E-state index >= 15 is 0 Å². The van der Waals surface area contributed by atoms with E-state index in [0.717, 1.165) is 12.1 Å². The fraction of sp³-hybridized carbons (Fsp3) is 0.500. The molecule has 1 nitrogen and oxygen atoms in total. The molecule has 17 heavy (non-hydrogen) atoms. The first-order valence-corrected chi connectivity index (χ1v) is 5.45. The maximum Gasteiger partial charge on any atom is 0.410 e. The van der Waals surface area contributed by atoms with Crippen LogP contribution in [0.3, 0.4) is 0 Å². The molecule has 1 N–H and O–H groups in total. The average molecular weight is 249 g/mol. The van der Waals surface area contributed by atoms with Crippen molar-refractivity contribution in [2.45, 2.75) is 32.0 Å². The lowest BCUT2D eigenvalue weighted by atomic mass is 9.86. The number of benzene rings is 1. The molecule has 1 aromatic carbocycles. The van der Waals surface area contributed by atoms with Gasteiger partial charge < -0.3 is 5.32 Å². The van der Waals surface area contributed by atoms with Crippen LogP contribution in [0.2, 0.25) is 0 Å². The van der Waals surface area contributed by atoms with Crippen LogP contribution in [0.5, 0.6) is 0 Å². The van der Waals surface area contributed by atoms with Crippen LogP contribution < -0.4 is 5.32 Å². The summed E-state index contributed by atoms with van der Waals surface area (Å²) in [7, 11) is 0. The molecule has 0 aliphatic carbocycles. The SMILES string of the molecule is CCNC(CC)(c1ccc(F)cc1)C(F)(F)F. The third-order valence-corrected chi connectivity index (χ3v) is 2.83. The third-order valence-electron chi connectivity index (χ3n) is 2.83. The summed E-state index contributed by atoms with van der Waals surface area (Å²) in [5.74, 6) is -0.544. The summed E-state index contributed by atoms with van der Waals surface area (Å²) in [4.78, 5) is 0. The van der Waals surface area contributed by atoms with E-state index in [0.29, 0.717) is 0 Å². The maximum atomic E-state index is 13.2. The Labute approximate surface area is 97.8 Å². The monoisotopic (exact) mass is 249 g/mol. The van der Waals surface area contributed by atoms with Crippen molar-refractivity contribution >= 4 is 0 Å². The standard InChI is InChI=1S/C12H15F4N/c1-3-11(17-4-2,12(14,15)16)9-5-7-10(13)8-6-9/h5-8,17H,3-4H2,1-2H3. The minimum atomic E-state index is -4.42. The first-order valence-electron chi connectivity index (χ1n) is 5.45. The van der Waals surface area contributed by atoms with Crippen LogP contribution in [0, 0.1) is 5.82 Å². The first kappa shape index (κ1) is 14.0. The van der Waals surface area contributed by atoms with E-state index in [1.54, 1.807) is 6.92 Å². The summed E-state index contributed by atoms with van der Waals surface area (Å²) in [6, 6.07) is 4.44. The van der Waals surface area contributed by atoms with Gasteiger partial charge in [-0.25, -0.2) is 4.39 Å². The minimum Gasteiger partial charge on any atom is -0.300 e. The predicted octanol–water partition coefficient (Wildman–Crippen LogP) is 3.60. The van der Waals surface area contributed by atoms with Crippen molar-refractivity contribution in [1.82, 2.24) is 5.32 Å². The van der Waals surface area contributed by atoms with Crippen molar-refractivity contribution in [1.29, 1.82) is 0 Å². The molecular formula is C12H15F4N. The Hall–Kier alpha value is -1.10. The van der Waals surface area contributed by atoms with Gasteiger partial charge in [0, 0.05) is 0 Å². The number of hydrogen-bond donors (Lipinski definition) is 1. The largest absolute Gasteiger partial charge is 0.410 e. The topological polar surface area (TPSA) is 12.0 Å². The van der Waals surface area contributed by atoms with E-state index in [1.165, 1.54) is 19.1 Å². The molecule has 0 radical (unpaired) electrons. The highest BCUT2D eigenvalue weighted by Gasteiger charge is 2.54. The Morgan fingerprint density at radius 3 is 1.94 bits per heavy atom. The van der Waals surface area contributed by atoms with Crippen molar-refractivity contribution in [3.63, 3.8) is 0 Å². The van der Waals surface area contributed by atoms with Crippen molar-refractivity contribution in [2.24, 2.45) is 0 Å². The Balaban J connectivity index is 3.26. The van der Waals surface area contributed by atoms with E-state index in [2.05, 4.69) is 5.32 Å². The van der Waals surface area contributed by atoms with Gasteiger partial charge in [-0.1, -0.05) is 26.0 Å². The highest BCUT2D eigenvalue weighted by atomic mass is 19.4. The zero-order valence-corrected chi connectivity index (χ0v) is 9.74. The molecule has 0 saturated carbocycles. The van der Waals surface area contributed by atoms with Crippen LogP contribution in [0.1, 0.15) is 25.8 Å². The van der Waals surface area contributed by atoms with Crippen molar-refractivity contribution in [3.8, 4) is 0 Å². The van der Waals surface area contributed by atoms with Crippen molar-refractivity contribution < 1.29 is 17.6 Å². The Morgan fingerprint density at radius 1 is 1.06 bits per heavy atom. The van der Waals surface area contributed by atoms with Crippen LogP contribution in [0.4, 0.5) is 17.6 Å². The molecule has 5 heteroatoms. The second kappa shape index (κ2) is 5.04. The van der Waals surface area contributed by atoms with Crippen LogP contribution in [-0.4, -0.2) is 12.7 Å². The number of halogens is 4. The number of alkyl halides is 3. The summed E-state index contributed by atoms with van der Waals surface area (Å²) in [6.07, 6.45) is -4.56. The molecule has 1 unspecified atom stereocenters. The molecular weight excluding hydrogens is 234 g/mol. The van der Waals surface area contributed by atoms with Gasteiger partial charge in [-0.2, -0.15) is 13.2 Å². The van der Waals surface area contributed by atoms with Gasteiger partial charge in [0.25, 0.3) is 0 Å². The molecule has 0 aliphatic heterocycles. The Bertz CT molecular complexity index is 358. The fourth-order valence-electron chi connectivity index (χ4n) is 1.93. The van der Waals surface area contributed by atoms with Gasteiger partial charge in [-0.3, -0.25) is 0 Å². The number of hydrogen-bond acceptors (Lipinski definition) is 1. The molecule has 0 amide bonds. The minimum absolute atomic E-state index is 0.0377. The van der Waals surface area contributed by atoms with E-state index in [4.69, 9.17) is 0 Å². The molecule has 1 atom stereocenters. The smallest absolute Gasteiger partial charge is 0.300 e. The first-order chi connectivity index (χ1) is 7.87. The second-order valence-electron chi connectivity index (χ2n) is 3.79. The average Bonchev–Trinajstić information content (AvgIpc) is 2.25. The zero-order chi connectivity index (χ0) is 13.1. The maximum absolute atomic E-state index is 13.2. The quantitative estimate of drug-likeness (QED) is 0.804. The molecule has 96 valence electrons. The lowest BCUT2D eigenvalue weighted by Gasteiger charge is -2.36. The van der Waals surface area contributed by atoms with E-state index in [1.807, 2.05) is 0 Å². The van der Waals surface area contributed by atoms with E-state index < -0.39 is 17.5 Å². The third kappa shape index (κ3) is 2.60. The summed E-state index contributed by atoms with van der Waals surface area (Å²) >= 11 is 0. The summed E-state index contributed by atoms with van der Waals surface area (Å²) in [5.41, 5.74) is -2.06. The van der Waals surface area contributed by atoms with Crippen molar-refractivity contribution in [2.75, 3.05) is 6.54 Å². The predicted molar refractivity (Wildman–Crippen MR) is 58.1 cm³/mol. The Morgan fingerprint density at radius 2 is 1.59 bits per heavy atom. The van der Waals surface area contributed by atoms with Crippen LogP contribution in [0.25, 0.3) is 0 Å².